The molecule has 1 aromatic rings. The fourth-order valence-corrected chi connectivity index (χ4v) is 1.47. The topological polar surface area (TPSA) is 103 Å². The van der Waals surface area contributed by atoms with Gasteiger partial charge in [-0.05, 0) is 18.8 Å². The minimum atomic E-state index is -1.30. The third-order valence-corrected chi connectivity index (χ3v) is 2.44. The third-order valence-electron chi connectivity index (χ3n) is 2.44. The van der Waals surface area contributed by atoms with Crippen molar-refractivity contribution in [3.8, 4) is 5.88 Å². The Balaban J connectivity index is 2.77. The molecule has 1 heterocycles. The van der Waals surface area contributed by atoms with E-state index in [2.05, 4.69) is 18.8 Å². The van der Waals surface area contributed by atoms with Crippen LogP contribution in [0, 0.1) is 16.0 Å². The number of nitro groups is 1. The maximum atomic E-state index is 11.0. The first-order chi connectivity index (χ1) is 8.91. The molecule has 19 heavy (non-hydrogen) atoms. The number of rotatable bonds is 7. The molecule has 0 amide bonds. The lowest BCUT2D eigenvalue weighted by atomic mass is 10.1. The number of carboxylic acids is 1. The van der Waals surface area contributed by atoms with Gasteiger partial charge in [-0.2, -0.15) is 0 Å². The lowest BCUT2D eigenvalue weighted by molar-refractivity contribution is -0.385. The smallest absolute Gasteiger partial charge is 0.341 e. The van der Waals surface area contributed by atoms with Gasteiger partial charge in [0, 0.05) is 6.07 Å². The zero-order valence-electron chi connectivity index (χ0n) is 10.8. The highest BCUT2D eigenvalue weighted by Gasteiger charge is 2.18. The summed E-state index contributed by atoms with van der Waals surface area (Å²) in [7, 11) is 0. The summed E-state index contributed by atoms with van der Waals surface area (Å²) in [5.74, 6) is -0.843. The number of hydrogen-bond donors (Lipinski definition) is 1. The van der Waals surface area contributed by atoms with Crippen LogP contribution >= 0.6 is 0 Å². The zero-order valence-corrected chi connectivity index (χ0v) is 10.8. The Labute approximate surface area is 110 Å². The van der Waals surface area contributed by atoms with Crippen LogP contribution in [0.4, 0.5) is 5.69 Å². The molecule has 0 unspecified atom stereocenters. The van der Waals surface area contributed by atoms with Crippen molar-refractivity contribution >= 4 is 11.7 Å². The SMILES string of the molecule is CC(C)CCCOc1ncc([N+](=O)[O-])cc1C(=O)O. The molecule has 1 N–H and O–H groups in total. The van der Waals surface area contributed by atoms with Crippen molar-refractivity contribution in [3.05, 3.63) is 27.9 Å². The van der Waals surface area contributed by atoms with E-state index in [1.165, 1.54) is 0 Å². The highest BCUT2D eigenvalue weighted by molar-refractivity contribution is 5.90. The highest BCUT2D eigenvalue weighted by atomic mass is 16.6. The second-order valence-corrected chi connectivity index (χ2v) is 4.49. The van der Waals surface area contributed by atoms with Crippen molar-refractivity contribution in [2.75, 3.05) is 6.61 Å². The molecule has 1 aromatic heterocycles. The number of aromatic nitrogens is 1. The summed E-state index contributed by atoms with van der Waals surface area (Å²) in [6.45, 7) is 4.49. The van der Waals surface area contributed by atoms with Crippen LogP contribution in [0.5, 0.6) is 5.88 Å². The van der Waals surface area contributed by atoms with E-state index >= 15 is 0 Å². The maximum Gasteiger partial charge on any atom is 0.341 e. The van der Waals surface area contributed by atoms with Crippen LogP contribution in [-0.4, -0.2) is 27.6 Å². The number of pyridine rings is 1. The fourth-order valence-electron chi connectivity index (χ4n) is 1.47. The molecule has 0 atom stereocenters. The quantitative estimate of drug-likeness (QED) is 0.463. The maximum absolute atomic E-state index is 11.0. The summed E-state index contributed by atoms with van der Waals surface area (Å²) in [6, 6.07) is 0.952. The molecule has 0 aliphatic rings. The molecule has 1 rings (SSSR count). The van der Waals surface area contributed by atoms with Crippen molar-refractivity contribution in [3.63, 3.8) is 0 Å². The summed E-state index contributed by atoms with van der Waals surface area (Å²) < 4.78 is 5.27. The van der Waals surface area contributed by atoms with E-state index in [-0.39, 0.29) is 17.1 Å². The molecule has 0 radical (unpaired) electrons. The lowest BCUT2D eigenvalue weighted by Crippen LogP contribution is -2.08. The summed E-state index contributed by atoms with van der Waals surface area (Å²) in [5.41, 5.74) is -0.661. The Morgan fingerprint density at radius 1 is 1.58 bits per heavy atom. The molecule has 0 saturated heterocycles. The Kier molecular flexibility index (Phi) is 5.23. The number of hydrogen-bond acceptors (Lipinski definition) is 5. The predicted octanol–water partition coefficient (Wildman–Crippen LogP) is 2.50. The van der Waals surface area contributed by atoms with Gasteiger partial charge in [-0.1, -0.05) is 13.8 Å². The Morgan fingerprint density at radius 2 is 2.26 bits per heavy atom. The Bertz CT molecular complexity index is 473. The first kappa shape index (κ1) is 14.9. The fraction of sp³-hybridized carbons (Fsp3) is 0.500. The van der Waals surface area contributed by atoms with Crippen LogP contribution in [0.1, 0.15) is 37.0 Å². The van der Waals surface area contributed by atoms with E-state index in [0.717, 1.165) is 25.1 Å². The van der Waals surface area contributed by atoms with Gasteiger partial charge < -0.3 is 9.84 Å². The normalized spacial score (nSPS) is 10.5. The number of aromatic carboxylic acids is 1. The van der Waals surface area contributed by atoms with Crippen molar-refractivity contribution in [1.82, 2.24) is 4.98 Å². The van der Waals surface area contributed by atoms with E-state index in [0.29, 0.717) is 12.5 Å². The first-order valence-electron chi connectivity index (χ1n) is 5.92. The molecule has 0 aliphatic heterocycles. The second-order valence-electron chi connectivity index (χ2n) is 4.49. The van der Waals surface area contributed by atoms with Crippen LogP contribution in [0.15, 0.2) is 12.3 Å². The van der Waals surface area contributed by atoms with Gasteiger partial charge in [-0.25, -0.2) is 9.78 Å². The molecular weight excluding hydrogens is 252 g/mol. The highest BCUT2D eigenvalue weighted by Crippen LogP contribution is 2.21. The van der Waals surface area contributed by atoms with Crippen LogP contribution in [-0.2, 0) is 0 Å². The van der Waals surface area contributed by atoms with Gasteiger partial charge in [-0.3, -0.25) is 10.1 Å². The number of ether oxygens (including phenoxy) is 1. The molecule has 0 aromatic carbocycles. The van der Waals surface area contributed by atoms with Gasteiger partial charge >= 0.3 is 5.97 Å². The van der Waals surface area contributed by atoms with E-state index in [1.807, 2.05) is 0 Å². The van der Waals surface area contributed by atoms with Crippen LogP contribution in [0.25, 0.3) is 0 Å². The molecule has 0 spiro atoms. The standard InChI is InChI=1S/C12H16N2O5/c1-8(2)4-3-5-19-11-10(12(15)16)6-9(7-13-11)14(17)18/h6-8H,3-5H2,1-2H3,(H,15,16). The molecule has 0 bridgehead atoms. The van der Waals surface area contributed by atoms with Crippen molar-refractivity contribution in [2.24, 2.45) is 5.92 Å². The lowest BCUT2D eigenvalue weighted by Gasteiger charge is -2.08. The minimum absolute atomic E-state index is 0.0816. The molecule has 0 fully saturated rings. The van der Waals surface area contributed by atoms with Crippen molar-refractivity contribution < 1.29 is 19.6 Å². The minimum Gasteiger partial charge on any atom is -0.477 e. The van der Waals surface area contributed by atoms with Gasteiger partial charge in [0.05, 0.1) is 11.5 Å². The summed E-state index contributed by atoms with van der Waals surface area (Å²) in [5, 5.41) is 19.5. The van der Waals surface area contributed by atoms with E-state index in [9.17, 15) is 14.9 Å². The monoisotopic (exact) mass is 268 g/mol. The van der Waals surface area contributed by atoms with E-state index in [4.69, 9.17) is 9.84 Å². The first-order valence-corrected chi connectivity index (χ1v) is 5.92. The number of carboxylic acid groups (broad SMARTS) is 1. The Morgan fingerprint density at radius 3 is 2.79 bits per heavy atom. The third kappa shape index (κ3) is 4.53. The summed E-state index contributed by atoms with van der Waals surface area (Å²) >= 11 is 0. The molecule has 0 aliphatic carbocycles. The molecule has 104 valence electrons. The molecule has 0 saturated carbocycles. The van der Waals surface area contributed by atoms with E-state index in [1.54, 1.807) is 0 Å². The molecular formula is C12H16N2O5. The zero-order chi connectivity index (χ0) is 14.4. The Hall–Kier alpha value is -2.18. The average Bonchev–Trinajstić information content (AvgIpc) is 2.34. The number of nitrogens with zero attached hydrogens (tertiary/aromatic N) is 2. The van der Waals surface area contributed by atoms with Gasteiger partial charge in [-0.15, -0.1) is 0 Å². The van der Waals surface area contributed by atoms with Crippen molar-refractivity contribution in [2.45, 2.75) is 26.7 Å². The van der Waals surface area contributed by atoms with Crippen LogP contribution in [0.3, 0.4) is 0 Å². The largest absolute Gasteiger partial charge is 0.477 e. The molecule has 7 heteroatoms. The summed E-state index contributed by atoms with van der Waals surface area (Å²) in [6.07, 6.45) is 2.72. The predicted molar refractivity (Wildman–Crippen MR) is 67.4 cm³/mol. The second kappa shape index (κ2) is 6.67. The van der Waals surface area contributed by atoms with Crippen molar-refractivity contribution in [1.29, 1.82) is 0 Å². The van der Waals surface area contributed by atoms with Gasteiger partial charge in [0.15, 0.2) is 0 Å². The number of carbonyl (C=O) groups is 1. The molecule has 7 nitrogen and oxygen atoms in total. The van der Waals surface area contributed by atoms with Gasteiger partial charge in [0.1, 0.15) is 11.8 Å². The average molecular weight is 268 g/mol. The van der Waals surface area contributed by atoms with Crippen LogP contribution in [0.2, 0.25) is 0 Å². The van der Waals surface area contributed by atoms with Gasteiger partial charge in [0.25, 0.3) is 5.69 Å². The summed E-state index contributed by atoms with van der Waals surface area (Å²) in [4.78, 5) is 24.5. The van der Waals surface area contributed by atoms with E-state index < -0.39 is 10.9 Å². The van der Waals surface area contributed by atoms with Gasteiger partial charge in [0.2, 0.25) is 5.88 Å². The van der Waals surface area contributed by atoms with Crippen LogP contribution < -0.4 is 4.74 Å².